The first-order valence-corrected chi connectivity index (χ1v) is 4.85. The third-order valence-corrected chi connectivity index (χ3v) is 1.87. The Morgan fingerprint density at radius 2 is 1.93 bits per heavy atom. The van der Waals surface area contributed by atoms with Crippen molar-refractivity contribution in [3.05, 3.63) is 0 Å². The Morgan fingerprint density at radius 3 is 2.43 bits per heavy atom. The van der Waals surface area contributed by atoms with Gasteiger partial charge < -0.3 is 10.5 Å². The highest BCUT2D eigenvalue weighted by Gasteiger charge is 2.26. The van der Waals surface area contributed by atoms with Crippen LogP contribution in [0.1, 0.15) is 32.6 Å². The molecule has 0 aliphatic heterocycles. The molecule has 1 atom stereocenters. The van der Waals surface area contributed by atoms with E-state index in [9.17, 15) is 13.2 Å². The molecule has 0 rings (SSSR count). The van der Waals surface area contributed by atoms with Crippen LogP contribution in [-0.2, 0) is 4.74 Å². The molecule has 0 saturated carbocycles. The lowest BCUT2D eigenvalue weighted by Crippen LogP contribution is -2.22. The van der Waals surface area contributed by atoms with Gasteiger partial charge in [0.25, 0.3) is 0 Å². The van der Waals surface area contributed by atoms with Gasteiger partial charge in [0, 0.05) is 25.7 Å². The molecule has 0 bridgehead atoms. The van der Waals surface area contributed by atoms with Gasteiger partial charge in [-0.15, -0.1) is 0 Å². The maximum Gasteiger partial charge on any atom is 0.389 e. The SMILES string of the molecule is CCOCCC(N)CCCC(F)(F)F. The van der Waals surface area contributed by atoms with Crippen molar-refractivity contribution in [1.29, 1.82) is 0 Å². The maximum atomic E-state index is 11.7. The molecule has 0 fully saturated rings. The standard InChI is InChI=1S/C9H18F3NO/c1-2-14-7-5-8(13)4-3-6-9(10,11)12/h8H,2-7,13H2,1H3. The van der Waals surface area contributed by atoms with E-state index in [2.05, 4.69) is 0 Å². The highest BCUT2D eigenvalue weighted by Crippen LogP contribution is 2.22. The lowest BCUT2D eigenvalue weighted by molar-refractivity contribution is -0.135. The summed E-state index contributed by atoms with van der Waals surface area (Å²) in [6.07, 6.45) is -3.65. The predicted octanol–water partition coefficient (Wildman–Crippen LogP) is 2.47. The van der Waals surface area contributed by atoms with E-state index in [1.54, 1.807) is 0 Å². The Hall–Kier alpha value is -0.290. The second kappa shape index (κ2) is 7.06. The largest absolute Gasteiger partial charge is 0.389 e. The van der Waals surface area contributed by atoms with Gasteiger partial charge in [-0.2, -0.15) is 13.2 Å². The van der Waals surface area contributed by atoms with Gasteiger partial charge in [-0.3, -0.25) is 0 Å². The monoisotopic (exact) mass is 213 g/mol. The fourth-order valence-electron chi connectivity index (χ4n) is 1.09. The summed E-state index contributed by atoms with van der Waals surface area (Å²) in [5, 5.41) is 0. The Kier molecular flexibility index (Phi) is 6.92. The highest BCUT2D eigenvalue weighted by molar-refractivity contribution is 4.62. The molecule has 1 unspecified atom stereocenters. The van der Waals surface area contributed by atoms with E-state index >= 15 is 0 Å². The summed E-state index contributed by atoms with van der Waals surface area (Å²) in [6.45, 7) is 3.02. The lowest BCUT2D eigenvalue weighted by atomic mass is 10.1. The van der Waals surface area contributed by atoms with Crippen molar-refractivity contribution in [2.24, 2.45) is 5.73 Å². The van der Waals surface area contributed by atoms with E-state index < -0.39 is 12.6 Å². The predicted molar refractivity (Wildman–Crippen MR) is 49.0 cm³/mol. The number of alkyl halides is 3. The van der Waals surface area contributed by atoms with Crippen LogP contribution in [0.25, 0.3) is 0 Å². The molecule has 0 saturated heterocycles. The fraction of sp³-hybridized carbons (Fsp3) is 1.00. The minimum atomic E-state index is -4.06. The van der Waals surface area contributed by atoms with Gasteiger partial charge in [0.05, 0.1) is 0 Å². The Balaban J connectivity index is 3.31. The van der Waals surface area contributed by atoms with Crippen LogP contribution in [0.2, 0.25) is 0 Å². The van der Waals surface area contributed by atoms with Crippen molar-refractivity contribution >= 4 is 0 Å². The van der Waals surface area contributed by atoms with Crippen LogP contribution in [0.15, 0.2) is 0 Å². The Bertz CT molecular complexity index is 139. The number of ether oxygens (including phenoxy) is 1. The summed E-state index contributed by atoms with van der Waals surface area (Å²) in [6, 6.07) is -0.177. The molecule has 0 amide bonds. The molecule has 0 aliphatic carbocycles. The Labute approximate surface area is 82.6 Å². The zero-order valence-corrected chi connectivity index (χ0v) is 8.44. The van der Waals surface area contributed by atoms with Gasteiger partial charge in [-0.05, 0) is 26.2 Å². The van der Waals surface area contributed by atoms with Crippen LogP contribution in [0.5, 0.6) is 0 Å². The van der Waals surface area contributed by atoms with E-state index in [1.807, 2.05) is 6.92 Å². The van der Waals surface area contributed by atoms with Crippen LogP contribution in [0.4, 0.5) is 13.2 Å². The third kappa shape index (κ3) is 9.80. The van der Waals surface area contributed by atoms with Gasteiger partial charge >= 0.3 is 6.18 Å². The fourth-order valence-corrected chi connectivity index (χ4v) is 1.09. The third-order valence-electron chi connectivity index (χ3n) is 1.87. The van der Waals surface area contributed by atoms with E-state index in [-0.39, 0.29) is 12.5 Å². The summed E-state index contributed by atoms with van der Waals surface area (Å²) in [7, 11) is 0. The van der Waals surface area contributed by atoms with Crippen LogP contribution < -0.4 is 5.73 Å². The number of nitrogens with two attached hydrogens (primary N) is 1. The molecule has 5 heteroatoms. The minimum absolute atomic E-state index is 0.108. The van der Waals surface area contributed by atoms with Crippen LogP contribution >= 0.6 is 0 Å². The topological polar surface area (TPSA) is 35.2 Å². The lowest BCUT2D eigenvalue weighted by Gasteiger charge is -2.12. The van der Waals surface area contributed by atoms with Gasteiger partial charge in [0.1, 0.15) is 0 Å². The molecular weight excluding hydrogens is 195 g/mol. The summed E-state index contributed by atoms with van der Waals surface area (Å²) in [5.74, 6) is 0. The maximum absolute atomic E-state index is 11.7. The molecule has 0 aromatic rings. The number of rotatable bonds is 7. The van der Waals surface area contributed by atoms with Crippen LogP contribution in [0.3, 0.4) is 0 Å². The van der Waals surface area contributed by atoms with Gasteiger partial charge in [-0.25, -0.2) is 0 Å². The van der Waals surface area contributed by atoms with E-state index in [1.165, 1.54) is 0 Å². The van der Waals surface area contributed by atoms with Gasteiger partial charge in [0.2, 0.25) is 0 Å². The normalized spacial score (nSPS) is 14.4. The number of halogens is 3. The van der Waals surface area contributed by atoms with Crippen molar-refractivity contribution in [3.63, 3.8) is 0 Å². The molecule has 86 valence electrons. The Morgan fingerprint density at radius 1 is 1.29 bits per heavy atom. The first-order chi connectivity index (χ1) is 6.45. The molecule has 0 radical (unpaired) electrons. The van der Waals surface area contributed by atoms with Crippen molar-refractivity contribution in [1.82, 2.24) is 0 Å². The summed E-state index contributed by atoms with van der Waals surface area (Å²) >= 11 is 0. The summed E-state index contributed by atoms with van der Waals surface area (Å²) in [4.78, 5) is 0. The average Bonchev–Trinajstić information content (AvgIpc) is 2.02. The molecule has 2 N–H and O–H groups in total. The second-order valence-corrected chi connectivity index (χ2v) is 3.25. The zero-order valence-electron chi connectivity index (χ0n) is 8.44. The highest BCUT2D eigenvalue weighted by atomic mass is 19.4. The van der Waals surface area contributed by atoms with Crippen LogP contribution in [0, 0.1) is 0 Å². The van der Waals surface area contributed by atoms with Crippen molar-refractivity contribution in [2.45, 2.75) is 44.8 Å². The van der Waals surface area contributed by atoms with E-state index in [0.29, 0.717) is 26.1 Å². The first kappa shape index (κ1) is 13.7. The van der Waals surface area contributed by atoms with E-state index in [4.69, 9.17) is 10.5 Å². The van der Waals surface area contributed by atoms with Gasteiger partial charge in [0.15, 0.2) is 0 Å². The quantitative estimate of drug-likeness (QED) is 0.659. The van der Waals surface area contributed by atoms with Crippen molar-refractivity contribution in [3.8, 4) is 0 Å². The minimum Gasteiger partial charge on any atom is -0.382 e. The van der Waals surface area contributed by atoms with Crippen LogP contribution in [-0.4, -0.2) is 25.4 Å². The molecule has 0 aliphatic rings. The van der Waals surface area contributed by atoms with E-state index in [0.717, 1.165) is 0 Å². The van der Waals surface area contributed by atoms with Crippen molar-refractivity contribution < 1.29 is 17.9 Å². The number of hydrogen-bond donors (Lipinski definition) is 1. The second-order valence-electron chi connectivity index (χ2n) is 3.25. The molecule has 2 nitrogen and oxygen atoms in total. The van der Waals surface area contributed by atoms with Crippen molar-refractivity contribution in [2.75, 3.05) is 13.2 Å². The molecule has 0 heterocycles. The smallest absolute Gasteiger partial charge is 0.382 e. The first-order valence-electron chi connectivity index (χ1n) is 4.85. The molecule has 0 aromatic carbocycles. The average molecular weight is 213 g/mol. The summed E-state index contributed by atoms with van der Waals surface area (Å²) in [5.41, 5.74) is 5.60. The zero-order chi connectivity index (χ0) is 11.0. The molecule has 14 heavy (non-hydrogen) atoms. The molecular formula is C9H18F3NO. The molecule has 0 aromatic heterocycles. The summed E-state index contributed by atoms with van der Waals surface area (Å²) < 4.78 is 40.3. The van der Waals surface area contributed by atoms with Gasteiger partial charge in [-0.1, -0.05) is 0 Å². The molecule has 0 spiro atoms. The number of hydrogen-bond acceptors (Lipinski definition) is 2.